The summed E-state index contributed by atoms with van der Waals surface area (Å²) in [5.74, 6) is 0.465. The van der Waals surface area contributed by atoms with Crippen molar-refractivity contribution in [1.29, 1.82) is 0 Å². The Labute approximate surface area is 117 Å². The van der Waals surface area contributed by atoms with Crippen LogP contribution in [0.25, 0.3) is 0 Å². The maximum atomic E-state index is 11.1. The molecule has 0 amide bonds. The predicted octanol–water partition coefficient (Wildman–Crippen LogP) is 2.64. The van der Waals surface area contributed by atoms with Gasteiger partial charge in [0.05, 0.1) is 12.7 Å². The monoisotopic (exact) mass is 271 g/mol. The van der Waals surface area contributed by atoms with Gasteiger partial charge in [-0.05, 0) is 45.1 Å². The first kappa shape index (κ1) is 16.4. The van der Waals surface area contributed by atoms with Gasteiger partial charge in [-0.25, -0.2) is 0 Å². The summed E-state index contributed by atoms with van der Waals surface area (Å²) < 4.78 is 10.8. The van der Waals surface area contributed by atoms with Crippen molar-refractivity contribution >= 4 is 5.97 Å². The van der Waals surface area contributed by atoms with Gasteiger partial charge in [0.25, 0.3) is 0 Å². The number of hydrogen-bond donors (Lipinski definition) is 1. The fourth-order valence-corrected chi connectivity index (χ4v) is 2.68. The number of carbonyl (C=O) groups is 1. The molecule has 0 radical (unpaired) electrons. The molecule has 0 aromatic rings. The molecule has 19 heavy (non-hydrogen) atoms. The standard InChI is InChI=1S/C15H29NO3/c1-2-18-15(17)10-4-3-7-11-19-14-9-6-5-8-13(14)12-16/h13-14H,2-12,16H2,1H3. The molecule has 0 spiro atoms. The lowest BCUT2D eigenvalue weighted by Gasteiger charge is -2.30. The number of esters is 1. The number of ether oxygens (including phenoxy) is 2. The number of hydrogen-bond acceptors (Lipinski definition) is 4. The smallest absolute Gasteiger partial charge is 0.305 e. The number of carbonyl (C=O) groups excluding carboxylic acids is 1. The third-order valence-corrected chi connectivity index (χ3v) is 3.80. The van der Waals surface area contributed by atoms with Crippen molar-refractivity contribution in [1.82, 2.24) is 0 Å². The van der Waals surface area contributed by atoms with E-state index >= 15 is 0 Å². The Kier molecular flexibility index (Phi) is 8.84. The molecule has 2 N–H and O–H groups in total. The largest absolute Gasteiger partial charge is 0.466 e. The van der Waals surface area contributed by atoms with Crippen molar-refractivity contribution in [3.8, 4) is 0 Å². The lowest BCUT2D eigenvalue weighted by molar-refractivity contribution is -0.143. The lowest BCUT2D eigenvalue weighted by Crippen LogP contribution is -2.33. The third-order valence-electron chi connectivity index (χ3n) is 3.80. The predicted molar refractivity (Wildman–Crippen MR) is 75.9 cm³/mol. The van der Waals surface area contributed by atoms with Gasteiger partial charge >= 0.3 is 5.97 Å². The third kappa shape index (κ3) is 6.92. The molecule has 2 unspecified atom stereocenters. The molecule has 0 heterocycles. The molecule has 1 saturated carbocycles. The van der Waals surface area contributed by atoms with Crippen molar-refractivity contribution in [3.63, 3.8) is 0 Å². The first-order chi connectivity index (χ1) is 9.27. The Bertz CT molecular complexity index is 246. The zero-order valence-electron chi connectivity index (χ0n) is 12.2. The molecule has 2 atom stereocenters. The molecule has 4 nitrogen and oxygen atoms in total. The van der Waals surface area contributed by atoms with Crippen LogP contribution in [0.15, 0.2) is 0 Å². The molecule has 1 fully saturated rings. The first-order valence-corrected chi connectivity index (χ1v) is 7.75. The number of rotatable bonds is 9. The van der Waals surface area contributed by atoms with Crippen molar-refractivity contribution in [2.45, 2.75) is 64.4 Å². The zero-order chi connectivity index (χ0) is 13.9. The van der Waals surface area contributed by atoms with E-state index in [0.717, 1.165) is 38.8 Å². The fraction of sp³-hybridized carbons (Fsp3) is 0.933. The summed E-state index contributed by atoms with van der Waals surface area (Å²) in [6.45, 7) is 3.85. The van der Waals surface area contributed by atoms with Gasteiger partial charge in [-0.1, -0.05) is 19.3 Å². The molecule has 0 bridgehead atoms. The highest BCUT2D eigenvalue weighted by atomic mass is 16.5. The zero-order valence-corrected chi connectivity index (χ0v) is 12.2. The van der Waals surface area contributed by atoms with E-state index in [9.17, 15) is 4.79 Å². The van der Waals surface area contributed by atoms with E-state index in [1.165, 1.54) is 19.3 Å². The van der Waals surface area contributed by atoms with E-state index < -0.39 is 0 Å². The number of nitrogens with two attached hydrogens (primary N) is 1. The van der Waals surface area contributed by atoms with E-state index in [4.69, 9.17) is 15.2 Å². The van der Waals surface area contributed by atoms with Gasteiger partial charge in [-0.2, -0.15) is 0 Å². The summed E-state index contributed by atoms with van der Waals surface area (Å²) in [4.78, 5) is 11.1. The first-order valence-electron chi connectivity index (χ1n) is 7.75. The average molecular weight is 271 g/mol. The van der Waals surface area contributed by atoms with Gasteiger partial charge in [0.1, 0.15) is 0 Å². The summed E-state index contributed by atoms with van der Waals surface area (Å²) >= 11 is 0. The molecule has 0 aromatic carbocycles. The highest BCUT2D eigenvalue weighted by Crippen LogP contribution is 2.26. The Morgan fingerprint density at radius 2 is 2.00 bits per heavy atom. The molecular weight excluding hydrogens is 242 g/mol. The van der Waals surface area contributed by atoms with E-state index in [0.29, 0.717) is 25.0 Å². The molecular formula is C15H29NO3. The summed E-state index contributed by atoms with van der Waals surface area (Å²) in [5.41, 5.74) is 5.78. The van der Waals surface area contributed by atoms with Crippen molar-refractivity contribution < 1.29 is 14.3 Å². The van der Waals surface area contributed by atoms with Gasteiger partial charge in [0.2, 0.25) is 0 Å². The van der Waals surface area contributed by atoms with Crippen LogP contribution in [0.1, 0.15) is 58.3 Å². The van der Waals surface area contributed by atoms with Crippen LogP contribution in [0.3, 0.4) is 0 Å². The Morgan fingerprint density at radius 1 is 1.21 bits per heavy atom. The summed E-state index contributed by atoms with van der Waals surface area (Å²) in [5, 5.41) is 0. The van der Waals surface area contributed by atoms with Gasteiger partial charge in [-0.15, -0.1) is 0 Å². The fourth-order valence-electron chi connectivity index (χ4n) is 2.68. The van der Waals surface area contributed by atoms with Crippen molar-refractivity contribution in [2.75, 3.05) is 19.8 Å². The second kappa shape index (κ2) is 10.2. The second-order valence-corrected chi connectivity index (χ2v) is 5.31. The van der Waals surface area contributed by atoms with Crippen LogP contribution >= 0.6 is 0 Å². The van der Waals surface area contributed by atoms with E-state index in [1.807, 2.05) is 6.92 Å². The molecule has 0 saturated heterocycles. The van der Waals surface area contributed by atoms with Crippen LogP contribution in [0.5, 0.6) is 0 Å². The van der Waals surface area contributed by atoms with Crippen LogP contribution in [-0.4, -0.2) is 31.8 Å². The van der Waals surface area contributed by atoms with E-state index in [1.54, 1.807) is 0 Å². The minimum absolute atomic E-state index is 0.0844. The molecule has 1 aliphatic carbocycles. The Morgan fingerprint density at radius 3 is 2.74 bits per heavy atom. The van der Waals surface area contributed by atoms with Crippen LogP contribution in [0.2, 0.25) is 0 Å². The SMILES string of the molecule is CCOC(=O)CCCCCOC1CCCCC1CN. The quantitative estimate of drug-likeness (QED) is 0.517. The van der Waals surface area contributed by atoms with Gasteiger partial charge in [0, 0.05) is 13.0 Å². The van der Waals surface area contributed by atoms with E-state index in [-0.39, 0.29) is 5.97 Å². The maximum Gasteiger partial charge on any atom is 0.305 e. The van der Waals surface area contributed by atoms with Gasteiger partial charge in [-0.3, -0.25) is 4.79 Å². The molecule has 1 aliphatic rings. The van der Waals surface area contributed by atoms with Crippen molar-refractivity contribution in [2.24, 2.45) is 11.7 Å². The summed E-state index contributed by atoms with van der Waals surface area (Å²) in [6, 6.07) is 0. The summed E-state index contributed by atoms with van der Waals surface area (Å²) in [7, 11) is 0. The Hall–Kier alpha value is -0.610. The molecule has 4 heteroatoms. The average Bonchev–Trinajstić information content (AvgIpc) is 2.43. The minimum Gasteiger partial charge on any atom is -0.466 e. The van der Waals surface area contributed by atoms with Crippen LogP contribution in [0, 0.1) is 5.92 Å². The summed E-state index contributed by atoms with van der Waals surface area (Å²) in [6.07, 6.45) is 8.77. The molecule has 0 aliphatic heterocycles. The normalized spacial score (nSPS) is 23.3. The second-order valence-electron chi connectivity index (χ2n) is 5.31. The highest BCUT2D eigenvalue weighted by Gasteiger charge is 2.24. The maximum absolute atomic E-state index is 11.1. The van der Waals surface area contributed by atoms with Crippen LogP contribution in [0.4, 0.5) is 0 Å². The Balaban J connectivity index is 1.99. The highest BCUT2D eigenvalue weighted by molar-refractivity contribution is 5.69. The number of unbranched alkanes of at least 4 members (excludes halogenated alkanes) is 2. The van der Waals surface area contributed by atoms with Crippen LogP contribution in [-0.2, 0) is 14.3 Å². The van der Waals surface area contributed by atoms with Crippen LogP contribution < -0.4 is 5.73 Å². The van der Waals surface area contributed by atoms with Gasteiger partial charge in [0.15, 0.2) is 0 Å². The molecule has 112 valence electrons. The molecule has 1 rings (SSSR count). The lowest BCUT2D eigenvalue weighted by atomic mass is 9.86. The minimum atomic E-state index is -0.0844. The van der Waals surface area contributed by atoms with E-state index in [2.05, 4.69) is 0 Å². The molecule has 0 aromatic heterocycles. The van der Waals surface area contributed by atoms with Crippen molar-refractivity contribution in [3.05, 3.63) is 0 Å². The van der Waals surface area contributed by atoms with Gasteiger partial charge < -0.3 is 15.2 Å². The topological polar surface area (TPSA) is 61.5 Å².